The molecule has 35 heavy (non-hydrogen) atoms. The predicted octanol–water partition coefficient (Wildman–Crippen LogP) is 5.74. The van der Waals surface area contributed by atoms with Crippen molar-refractivity contribution in [3.8, 4) is 5.75 Å². The Morgan fingerprint density at radius 1 is 1.11 bits per heavy atom. The highest BCUT2D eigenvalue weighted by Crippen LogP contribution is 2.42. The largest absolute Gasteiger partial charge is 0.503 e. The lowest BCUT2D eigenvalue weighted by atomic mass is 9.95. The Balaban J connectivity index is 1.63. The summed E-state index contributed by atoms with van der Waals surface area (Å²) < 4.78 is 11.2. The molecule has 1 aliphatic heterocycles. The molecule has 2 aromatic heterocycles. The van der Waals surface area contributed by atoms with Gasteiger partial charge in [0.1, 0.15) is 0 Å². The maximum Gasteiger partial charge on any atom is 0.294 e. The molecule has 0 radical (unpaired) electrons. The number of fused-ring (bicyclic) bond motifs is 1. The van der Waals surface area contributed by atoms with Gasteiger partial charge >= 0.3 is 0 Å². The molecule has 0 aliphatic carbocycles. The average molecular weight is 469 g/mol. The van der Waals surface area contributed by atoms with Crippen molar-refractivity contribution >= 4 is 28.3 Å². The molecule has 1 atom stereocenters. The molecular weight excluding hydrogens is 444 g/mol. The first kappa shape index (κ1) is 22.4. The lowest BCUT2D eigenvalue weighted by molar-refractivity contribution is -0.117. The summed E-state index contributed by atoms with van der Waals surface area (Å²) in [5, 5.41) is 11.6. The SMILES string of the molecule is COc1cccc2cc(C(=O)C3=C(O)C(=O)N(c4ccc(C(C)C)cc4)C3c3cccnc3)oc12. The zero-order chi connectivity index (χ0) is 24.7. The number of nitrogens with zero attached hydrogens (tertiary/aromatic N) is 2. The van der Waals surface area contributed by atoms with Gasteiger partial charge in [0, 0.05) is 23.5 Å². The highest BCUT2D eigenvalue weighted by atomic mass is 16.5. The summed E-state index contributed by atoms with van der Waals surface area (Å²) in [6.07, 6.45) is 3.19. The molecule has 1 unspecified atom stereocenters. The van der Waals surface area contributed by atoms with Crippen LogP contribution in [0.2, 0.25) is 0 Å². The van der Waals surface area contributed by atoms with Crippen molar-refractivity contribution in [1.29, 1.82) is 0 Å². The third kappa shape index (κ3) is 3.75. The molecule has 1 aliphatic rings. The van der Waals surface area contributed by atoms with E-state index in [0.717, 1.165) is 5.56 Å². The number of anilines is 1. The first-order chi connectivity index (χ1) is 16.9. The van der Waals surface area contributed by atoms with Crippen LogP contribution in [-0.2, 0) is 4.79 Å². The maximum absolute atomic E-state index is 13.7. The number of aliphatic hydroxyl groups is 1. The number of benzene rings is 2. The van der Waals surface area contributed by atoms with Crippen LogP contribution in [0.4, 0.5) is 5.69 Å². The molecule has 4 aromatic rings. The van der Waals surface area contributed by atoms with Crippen LogP contribution < -0.4 is 9.64 Å². The van der Waals surface area contributed by atoms with E-state index in [1.165, 1.54) is 12.0 Å². The van der Waals surface area contributed by atoms with Crippen molar-refractivity contribution < 1.29 is 23.8 Å². The van der Waals surface area contributed by atoms with E-state index in [1.807, 2.05) is 24.3 Å². The van der Waals surface area contributed by atoms with Gasteiger partial charge in [0.15, 0.2) is 22.9 Å². The van der Waals surface area contributed by atoms with E-state index in [1.54, 1.807) is 48.8 Å². The topological polar surface area (TPSA) is 92.9 Å². The van der Waals surface area contributed by atoms with Crippen LogP contribution in [0.15, 0.2) is 88.8 Å². The summed E-state index contributed by atoms with van der Waals surface area (Å²) in [6, 6.07) is 17.1. The Morgan fingerprint density at radius 3 is 2.54 bits per heavy atom. The lowest BCUT2D eigenvalue weighted by Crippen LogP contribution is -2.31. The number of ether oxygens (including phenoxy) is 1. The van der Waals surface area contributed by atoms with E-state index >= 15 is 0 Å². The highest BCUT2D eigenvalue weighted by Gasteiger charge is 2.45. The minimum atomic E-state index is -0.872. The van der Waals surface area contributed by atoms with Gasteiger partial charge in [0.05, 0.1) is 18.7 Å². The molecule has 1 N–H and O–H groups in total. The molecule has 7 nitrogen and oxygen atoms in total. The van der Waals surface area contributed by atoms with E-state index in [2.05, 4.69) is 18.8 Å². The molecule has 0 spiro atoms. The van der Waals surface area contributed by atoms with E-state index in [0.29, 0.717) is 33.9 Å². The van der Waals surface area contributed by atoms with E-state index in [4.69, 9.17) is 9.15 Å². The van der Waals surface area contributed by atoms with Gasteiger partial charge in [-0.2, -0.15) is 0 Å². The fraction of sp³-hybridized carbons (Fsp3) is 0.179. The second kappa shape index (κ2) is 8.76. The lowest BCUT2D eigenvalue weighted by Gasteiger charge is -2.26. The van der Waals surface area contributed by atoms with Gasteiger partial charge in [0.2, 0.25) is 5.78 Å². The molecule has 7 heteroatoms. The van der Waals surface area contributed by atoms with Gasteiger partial charge in [-0.15, -0.1) is 0 Å². The molecule has 0 saturated carbocycles. The summed E-state index contributed by atoms with van der Waals surface area (Å²) >= 11 is 0. The number of carbonyl (C=O) groups excluding carboxylic acids is 2. The van der Waals surface area contributed by atoms with Crippen molar-refractivity contribution in [3.63, 3.8) is 0 Å². The van der Waals surface area contributed by atoms with Gasteiger partial charge in [-0.25, -0.2) is 0 Å². The normalized spacial score (nSPS) is 15.9. The molecule has 3 heterocycles. The van der Waals surface area contributed by atoms with E-state index < -0.39 is 23.5 Å². The number of pyridine rings is 1. The smallest absolute Gasteiger partial charge is 0.294 e. The number of Topliss-reactive ketones (excluding diaryl/α,β-unsaturated/α-hetero) is 1. The van der Waals surface area contributed by atoms with Gasteiger partial charge in [-0.1, -0.05) is 44.2 Å². The molecule has 176 valence electrons. The van der Waals surface area contributed by atoms with Gasteiger partial charge in [0.25, 0.3) is 5.91 Å². The standard InChI is InChI=1S/C28H24N2O5/c1-16(2)17-9-11-20(12-10-17)30-24(19-7-5-13-29-15-19)23(26(32)28(30)33)25(31)22-14-18-6-4-8-21(34-3)27(18)35-22/h4-16,24,32H,1-3H3. The number of rotatable bonds is 6. The Hall–Kier alpha value is -4.39. The van der Waals surface area contributed by atoms with Crippen LogP contribution >= 0.6 is 0 Å². The molecule has 0 fully saturated rings. The van der Waals surface area contributed by atoms with Crippen molar-refractivity contribution in [3.05, 3.63) is 101 Å². The summed E-state index contributed by atoms with van der Waals surface area (Å²) in [5.41, 5.74) is 2.63. The molecule has 2 aromatic carbocycles. The van der Waals surface area contributed by atoms with Crippen LogP contribution in [0.1, 0.15) is 47.5 Å². The number of methoxy groups -OCH3 is 1. The van der Waals surface area contributed by atoms with Gasteiger partial charge in [-0.3, -0.25) is 19.5 Å². The molecule has 0 bridgehead atoms. The number of amides is 1. The number of aromatic nitrogens is 1. The zero-order valence-corrected chi connectivity index (χ0v) is 19.6. The Bertz CT molecular complexity index is 1450. The Kier molecular flexibility index (Phi) is 5.61. The second-order valence-electron chi connectivity index (χ2n) is 8.69. The van der Waals surface area contributed by atoms with Crippen LogP contribution in [-0.4, -0.2) is 28.9 Å². The quantitative estimate of drug-likeness (QED) is 0.363. The minimum Gasteiger partial charge on any atom is -0.503 e. The Labute approximate surface area is 202 Å². The van der Waals surface area contributed by atoms with Crippen molar-refractivity contribution in [2.75, 3.05) is 12.0 Å². The third-order valence-corrected chi connectivity index (χ3v) is 6.24. The Morgan fingerprint density at radius 2 is 1.89 bits per heavy atom. The number of hydrogen-bond acceptors (Lipinski definition) is 6. The summed E-state index contributed by atoms with van der Waals surface area (Å²) in [6.45, 7) is 4.17. The first-order valence-electron chi connectivity index (χ1n) is 11.3. The van der Waals surface area contributed by atoms with Gasteiger partial charge < -0.3 is 14.3 Å². The number of carbonyl (C=O) groups is 2. The molecule has 1 amide bonds. The predicted molar refractivity (Wildman–Crippen MR) is 132 cm³/mol. The van der Waals surface area contributed by atoms with Crippen LogP contribution in [0.5, 0.6) is 5.75 Å². The second-order valence-corrected chi connectivity index (χ2v) is 8.69. The van der Waals surface area contributed by atoms with Crippen molar-refractivity contribution in [2.24, 2.45) is 0 Å². The molecule has 5 rings (SSSR count). The van der Waals surface area contributed by atoms with Crippen molar-refractivity contribution in [1.82, 2.24) is 4.98 Å². The fourth-order valence-corrected chi connectivity index (χ4v) is 4.42. The van der Waals surface area contributed by atoms with E-state index in [9.17, 15) is 14.7 Å². The first-order valence-corrected chi connectivity index (χ1v) is 11.3. The number of aliphatic hydroxyl groups excluding tert-OH is 1. The highest BCUT2D eigenvalue weighted by molar-refractivity contribution is 6.20. The van der Waals surface area contributed by atoms with Crippen LogP contribution in [0, 0.1) is 0 Å². The number of hydrogen-bond donors (Lipinski definition) is 1. The maximum atomic E-state index is 13.7. The van der Waals surface area contributed by atoms with Crippen LogP contribution in [0.25, 0.3) is 11.0 Å². The third-order valence-electron chi connectivity index (χ3n) is 6.24. The monoisotopic (exact) mass is 468 g/mol. The number of furan rings is 1. The van der Waals surface area contributed by atoms with E-state index in [-0.39, 0.29) is 11.3 Å². The molecule has 0 saturated heterocycles. The minimum absolute atomic E-state index is 0.00439. The number of para-hydroxylation sites is 1. The summed E-state index contributed by atoms with van der Waals surface area (Å²) in [5.74, 6) is -1.04. The number of ketones is 1. The fourth-order valence-electron chi connectivity index (χ4n) is 4.42. The summed E-state index contributed by atoms with van der Waals surface area (Å²) in [4.78, 5) is 32.6. The van der Waals surface area contributed by atoms with Gasteiger partial charge in [-0.05, 0) is 47.4 Å². The van der Waals surface area contributed by atoms with Crippen LogP contribution in [0.3, 0.4) is 0 Å². The van der Waals surface area contributed by atoms with Crippen molar-refractivity contribution in [2.45, 2.75) is 25.8 Å². The summed E-state index contributed by atoms with van der Waals surface area (Å²) in [7, 11) is 1.52. The average Bonchev–Trinajstić information content (AvgIpc) is 3.43. The molecular formula is C28H24N2O5. The zero-order valence-electron chi connectivity index (χ0n) is 19.6.